The summed E-state index contributed by atoms with van der Waals surface area (Å²) in [6.07, 6.45) is 14.9. The topological polar surface area (TPSA) is 98.2 Å². The summed E-state index contributed by atoms with van der Waals surface area (Å²) in [6.45, 7) is 4.21. The lowest BCUT2D eigenvalue weighted by Crippen LogP contribution is -2.35. The Morgan fingerprint density at radius 1 is 1.03 bits per heavy atom. The van der Waals surface area contributed by atoms with Crippen molar-refractivity contribution in [2.75, 3.05) is 31.6 Å². The van der Waals surface area contributed by atoms with Crippen LogP contribution in [0.15, 0.2) is 30.9 Å². The standard InChI is InChI=1S/C24H29N7O2S/c1-4-24(6-7-24)5-2-18(1)33-22-25-8-3-19(29-22)20-14-28-23(34-20)30-21-15-26-17(13-27-21)16-31-9-11-32-12-10-31/h3,8,13-15,18H,1-2,4-7,9-12,16H2,(H,27,28,30). The summed E-state index contributed by atoms with van der Waals surface area (Å²) in [7, 11) is 0. The zero-order chi connectivity index (χ0) is 22.8. The Morgan fingerprint density at radius 2 is 1.88 bits per heavy atom. The van der Waals surface area contributed by atoms with Crippen LogP contribution < -0.4 is 10.1 Å². The molecule has 3 fully saturated rings. The smallest absolute Gasteiger partial charge is 0.317 e. The van der Waals surface area contributed by atoms with E-state index >= 15 is 0 Å². The number of anilines is 2. The number of aromatic nitrogens is 5. The van der Waals surface area contributed by atoms with E-state index in [0.29, 0.717) is 17.2 Å². The average molecular weight is 480 g/mol. The van der Waals surface area contributed by atoms with Crippen molar-refractivity contribution >= 4 is 22.3 Å². The van der Waals surface area contributed by atoms with E-state index in [2.05, 4.69) is 35.1 Å². The minimum Gasteiger partial charge on any atom is -0.460 e. The van der Waals surface area contributed by atoms with Crippen LogP contribution in [0.25, 0.3) is 10.6 Å². The van der Waals surface area contributed by atoms with E-state index in [-0.39, 0.29) is 6.10 Å². The van der Waals surface area contributed by atoms with E-state index in [1.54, 1.807) is 12.4 Å². The number of thiazole rings is 1. The molecule has 34 heavy (non-hydrogen) atoms. The Hall–Kier alpha value is -2.69. The summed E-state index contributed by atoms with van der Waals surface area (Å²) in [5.41, 5.74) is 2.42. The van der Waals surface area contributed by atoms with Crippen LogP contribution in [0.4, 0.5) is 10.9 Å². The van der Waals surface area contributed by atoms with E-state index < -0.39 is 0 Å². The maximum absolute atomic E-state index is 6.12. The van der Waals surface area contributed by atoms with Crippen LogP contribution in [0.1, 0.15) is 44.2 Å². The number of nitrogens with zero attached hydrogens (tertiary/aromatic N) is 6. The molecule has 3 aromatic heterocycles. The predicted octanol–water partition coefficient (Wildman–Crippen LogP) is 4.07. The van der Waals surface area contributed by atoms with Crippen molar-refractivity contribution in [3.63, 3.8) is 0 Å². The van der Waals surface area contributed by atoms with Gasteiger partial charge >= 0.3 is 6.01 Å². The molecule has 1 spiro atoms. The minimum absolute atomic E-state index is 0.227. The lowest BCUT2D eigenvalue weighted by molar-refractivity contribution is 0.0336. The van der Waals surface area contributed by atoms with Crippen LogP contribution in [0.2, 0.25) is 0 Å². The molecule has 6 rings (SSSR count). The summed E-state index contributed by atoms with van der Waals surface area (Å²) in [6, 6.07) is 2.35. The molecule has 0 radical (unpaired) electrons. The predicted molar refractivity (Wildman–Crippen MR) is 129 cm³/mol. The molecule has 0 bridgehead atoms. The van der Waals surface area contributed by atoms with Gasteiger partial charge in [0.05, 0.1) is 41.9 Å². The van der Waals surface area contributed by atoms with Gasteiger partial charge in [0.25, 0.3) is 0 Å². The average Bonchev–Trinajstić information content (AvgIpc) is 3.47. The highest BCUT2D eigenvalue weighted by atomic mass is 32.1. The maximum Gasteiger partial charge on any atom is 0.317 e. The van der Waals surface area contributed by atoms with Crippen LogP contribution in [-0.4, -0.2) is 62.2 Å². The third kappa shape index (κ3) is 5.18. The molecule has 9 nitrogen and oxygen atoms in total. The second kappa shape index (κ2) is 9.52. The third-order valence-electron chi connectivity index (χ3n) is 7.04. The molecular weight excluding hydrogens is 450 g/mol. The largest absolute Gasteiger partial charge is 0.460 e. The van der Waals surface area contributed by atoms with Crippen LogP contribution >= 0.6 is 11.3 Å². The molecule has 3 aromatic rings. The van der Waals surface area contributed by atoms with Gasteiger partial charge in [-0.05, 0) is 50.0 Å². The van der Waals surface area contributed by atoms with Crippen LogP contribution in [0, 0.1) is 5.41 Å². The fraction of sp³-hybridized carbons (Fsp3) is 0.542. The van der Waals surface area contributed by atoms with Gasteiger partial charge < -0.3 is 14.8 Å². The maximum atomic E-state index is 6.12. The zero-order valence-corrected chi connectivity index (χ0v) is 20.0. The molecule has 1 aliphatic heterocycles. The van der Waals surface area contributed by atoms with Gasteiger partial charge in [-0.3, -0.25) is 9.88 Å². The molecule has 0 atom stereocenters. The van der Waals surface area contributed by atoms with Gasteiger partial charge in [-0.2, -0.15) is 4.98 Å². The quantitative estimate of drug-likeness (QED) is 0.538. The monoisotopic (exact) mass is 479 g/mol. The van der Waals surface area contributed by atoms with Crippen molar-refractivity contribution in [1.82, 2.24) is 29.8 Å². The van der Waals surface area contributed by atoms with Gasteiger partial charge in [-0.1, -0.05) is 11.3 Å². The van der Waals surface area contributed by atoms with E-state index in [9.17, 15) is 0 Å². The van der Waals surface area contributed by atoms with Gasteiger partial charge in [0.1, 0.15) is 6.10 Å². The number of morpholine rings is 1. The number of rotatable bonds is 7. The van der Waals surface area contributed by atoms with Crippen molar-refractivity contribution in [3.8, 4) is 16.6 Å². The normalized spacial score (nSPS) is 20.4. The van der Waals surface area contributed by atoms with Crippen molar-refractivity contribution in [2.24, 2.45) is 5.41 Å². The van der Waals surface area contributed by atoms with Crippen LogP contribution in [0.3, 0.4) is 0 Å². The molecule has 10 heteroatoms. The highest BCUT2D eigenvalue weighted by molar-refractivity contribution is 7.18. The summed E-state index contributed by atoms with van der Waals surface area (Å²) < 4.78 is 11.5. The molecule has 0 amide bonds. The van der Waals surface area contributed by atoms with E-state index in [4.69, 9.17) is 9.47 Å². The summed E-state index contributed by atoms with van der Waals surface area (Å²) in [5.74, 6) is 0.670. The third-order valence-corrected chi connectivity index (χ3v) is 7.98. The van der Waals surface area contributed by atoms with Crippen LogP contribution in [0.5, 0.6) is 6.01 Å². The van der Waals surface area contributed by atoms with Gasteiger partial charge in [0, 0.05) is 32.0 Å². The van der Waals surface area contributed by atoms with E-state index in [0.717, 1.165) is 67.1 Å². The molecule has 1 saturated heterocycles. The van der Waals surface area contributed by atoms with Crippen molar-refractivity contribution in [3.05, 3.63) is 36.5 Å². The van der Waals surface area contributed by atoms with Gasteiger partial charge in [0.15, 0.2) is 10.9 Å². The number of hydrogen-bond acceptors (Lipinski definition) is 10. The Morgan fingerprint density at radius 3 is 2.65 bits per heavy atom. The fourth-order valence-electron chi connectivity index (χ4n) is 4.73. The Kier molecular flexibility index (Phi) is 6.11. The molecule has 0 unspecified atom stereocenters. The molecule has 0 aromatic carbocycles. The summed E-state index contributed by atoms with van der Waals surface area (Å²) in [4.78, 5) is 25.8. The van der Waals surface area contributed by atoms with Crippen molar-refractivity contribution in [2.45, 2.75) is 51.2 Å². The SMILES string of the molecule is c1cc(-c2cnc(Nc3cnc(CN4CCOCC4)cn3)s2)nc(OC2CCC3(CC2)CC3)n1. The Bertz CT molecular complexity index is 1100. The van der Waals surface area contributed by atoms with Crippen molar-refractivity contribution in [1.29, 1.82) is 0 Å². The van der Waals surface area contributed by atoms with Gasteiger partial charge in [-0.15, -0.1) is 0 Å². The summed E-state index contributed by atoms with van der Waals surface area (Å²) in [5, 5.41) is 3.99. The zero-order valence-electron chi connectivity index (χ0n) is 19.2. The first-order chi connectivity index (χ1) is 16.7. The lowest BCUT2D eigenvalue weighted by Gasteiger charge is -2.28. The van der Waals surface area contributed by atoms with Crippen LogP contribution in [-0.2, 0) is 11.3 Å². The first kappa shape index (κ1) is 21.8. The Labute approximate surface area is 203 Å². The molecule has 4 heterocycles. The second-order valence-corrected chi connectivity index (χ2v) is 10.5. The van der Waals surface area contributed by atoms with E-state index in [1.807, 2.05) is 18.5 Å². The number of hydrogen-bond donors (Lipinski definition) is 1. The van der Waals surface area contributed by atoms with E-state index in [1.165, 1.54) is 37.0 Å². The molecule has 1 N–H and O–H groups in total. The number of nitrogens with one attached hydrogen (secondary N) is 1. The van der Waals surface area contributed by atoms with Crippen molar-refractivity contribution < 1.29 is 9.47 Å². The van der Waals surface area contributed by atoms with Gasteiger partial charge in [0.2, 0.25) is 0 Å². The number of ether oxygens (including phenoxy) is 2. The van der Waals surface area contributed by atoms with Gasteiger partial charge in [-0.25, -0.2) is 15.0 Å². The summed E-state index contributed by atoms with van der Waals surface area (Å²) >= 11 is 1.52. The first-order valence-corrected chi connectivity index (χ1v) is 12.9. The Balaban J connectivity index is 1.06. The molecular formula is C24H29N7O2S. The highest BCUT2D eigenvalue weighted by Gasteiger charge is 2.45. The lowest BCUT2D eigenvalue weighted by atomic mass is 9.85. The minimum atomic E-state index is 0.227. The highest BCUT2D eigenvalue weighted by Crippen LogP contribution is 2.56. The first-order valence-electron chi connectivity index (χ1n) is 12.1. The molecule has 2 saturated carbocycles. The molecule has 2 aliphatic carbocycles. The molecule has 3 aliphatic rings. The fourth-order valence-corrected chi connectivity index (χ4v) is 5.52. The second-order valence-electron chi connectivity index (χ2n) is 9.48. The molecule has 178 valence electrons.